The second kappa shape index (κ2) is 5.95. The fourth-order valence-corrected chi connectivity index (χ4v) is 2.96. The van der Waals surface area contributed by atoms with Crippen molar-refractivity contribution in [3.8, 4) is 0 Å². The van der Waals surface area contributed by atoms with Gasteiger partial charge < -0.3 is 15.2 Å². The molecule has 114 valence electrons. The number of nitrogens with one attached hydrogen (secondary N) is 1. The maximum atomic E-state index is 12.0. The van der Waals surface area contributed by atoms with Crippen molar-refractivity contribution >= 4 is 33.3 Å². The molecular formula is C14H19N3O3S. The fourth-order valence-electron chi connectivity index (χ4n) is 1.92. The standard InChI is InChI=1S/C14H19N3O3S/c1-5-20-13(19)10-8(2)9-11(17-14(3,4)6-18)15-7-16-12(9)21-10/h7,18H,5-6H2,1-4H3,(H,15,16,17). The van der Waals surface area contributed by atoms with Crippen molar-refractivity contribution in [2.24, 2.45) is 0 Å². The highest BCUT2D eigenvalue weighted by atomic mass is 32.1. The molecule has 2 aromatic heterocycles. The van der Waals surface area contributed by atoms with Gasteiger partial charge in [0.05, 0.1) is 24.1 Å². The van der Waals surface area contributed by atoms with Crippen LogP contribution in [-0.4, -0.2) is 39.8 Å². The number of esters is 1. The number of ether oxygens (including phenoxy) is 1. The van der Waals surface area contributed by atoms with Crippen molar-refractivity contribution in [2.45, 2.75) is 33.2 Å². The fraction of sp³-hybridized carbons (Fsp3) is 0.500. The van der Waals surface area contributed by atoms with E-state index < -0.39 is 5.54 Å². The number of hydrogen-bond donors (Lipinski definition) is 2. The first-order valence-electron chi connectivity index (χ1n) is 6.70. The van der Waals surface area contributed by atoms with E-state index in [1.54, 1.807) is 6.92 Å². The molecule has 0 radical (unpaired) electrons. The lowest BCUT2D eigenvalue weighted by Crippen LogP contribution is -2.35. The Balaban J connectivity index is 2.52. The van der Waals surface area contributed by atoms with Crippen molar-refractivity contribution in [1.29, 1.82) is 0 Å². The number of anilines is 1. The average molecular weight is 309 g/mol. The summed E-state index contributed by atoms with van der Waals surface area (Å²) < 4.78 is 5.06. The van der Waals surface area contributed by atoms with Gasteiger partial charge in [0.25, 0.3) is 0 Å². The Hall–Kier alpha value is -1.73. The summed E-state index contributed by atoms with van der Waals surface area (Å²) in [6, 6.07) is 0. The Labute approximate surface area is 127 Å². The summed E-state index contributed by atoms with van der Waals surface area (Å²) in [5.74, 6) is 0.272. The number of aliphatic hydroxyl groups is 1. The summed E-state index contributed by atoms with van der Waals surface area (Å²) in [6.07, 6.45) is 1.45. The second-order valence-electron chi connectivity index (χ2n) is 5.35. The van der Waals surface area contributed by atoms with E-state index in [1.807, 2.05) is 20.8 Å². The van der Waals surface area contributed by atoms with Crippen LogP contribution in [-0.2, 0) is 4.74 Å². The van der Waals surface area contributed by atoms with Crippen molar-refractivity contribution in [3.05, 3.63) is 16.8 Å². The Kier molecular flexibility index (Phi) is 4.43. The number of nitrogens with zero attached hydrogens (tertiary/aromatic N) is 2. The van der Waals surface area contributed by atoms with Gasteiger partial charge in [0.1, 0.15) is 21.9 Å². The summed E-state index contributed by atoms with van der Waals surface area (Å²) in [5.41, 5.74) is 0.282. The van der Waals surface area contributed by atoms with Crippen LogP contribution in [0.4, 0.5) is 5.82 Å². The summed E-state index contributed by atoms with van der Waals surface area (Å²) in [4.78, 5) is 21.7. The molecule has 0 bridgehead atoms. The molecule has 0 unspecified atom stereocenters. The summed E-state index contributed by atoms with van der Waals surface area (Å²) >= 11 is 1.29. The minimum absolute atomic E-state index is 0.0353. The van der Waals surface area contributed by atoms with Gasteiger partial charge in [-0.15, -0.1) is 11.3 Å². The van der Waals surface area contributed by atoms with Crippen LogP contribution in [0.1, 0.15) is 36.0 Å². The van der Waals surface area contributed by atoms with Gasteiger partial charge in [0.2, 0.25) is 0 Å². The van der Waals surface area contributed by atoms with E-state index in [4.69, 9.17) is 4.74 Å². The van der Waals surface area contributed by atoms with Crippen molar-refractivity contribution in [2.75, 3.05) is 18.5 Å². The zero-order valence-corrected chi connectivity index (χ0v) is 13.4. The number of carbonyl (C=O) groups is 1. The van der Waals surface area contributed by atoms with Crippen LogP contribution >= 0.6 is 11.3 Å². The summed E-state index contributed by atoms with van der Waals surface area (Å²) in [7, 11) is 0. The molecule has 0 aliphatic rings. The van der Waals surface area contributed by atoms with Gasteiger partial charge in [-0.2, -0.15) is 0 Å². The number of aryl methyl sites for hydroxylation is 1. The molecule has 7 heteroatoms. The highest BCUT2D eigenvalue weighted by Gasteiger charge is 2.23. The first-order chi connectivity index (χ1) is 9.89. The first-order valence-corrected chi connectivity index (χ1v) is 7.51. The number of aliphatic hydroxyl groups excluding tert-OH is 1. The number of fused-ring (bicyclic) bond motifs is 1. The number of aromatic nitrogens is 2. The molecule has 0 aromatic carbocycles. The molecule has 2 rings (SSSR count). The van der Waals surface area contributed by atoms with E-state index in [2.05, 4.69) is 15.3 Å². The lowest BCUT2D eigenvalue weighted by atomic mass is 10.1. The zero-order chi connectivity index (χ0) is 15.6. The van der Waals surface area contributed by atoms with Gasteiger partial charge in [-0.25, -0.2) is 14.8 Å². The smallest absolute Gasteiger partial charge is 0.348 e. The van der Waals surface area contributed by atoms with Crippen molar-refractivity contribution in [1.82, 2.24) is 9.97 Å². The predicted octanol–water partition coefficient (Wildman–Crippen LogP) is 2.36. The maximum absolute atomic E-state index is 12.0. The summed E-state index contributed by atoms with van der Waals surface area (Å²) in [5, 5.41) is 13.4. The topological polar surface area (TPSA) is 84.3 Å². The Morgan fingerprint density at radius 2 is 2.19 bits per heavy atom. The third-order valence-corrected chi connectivity index (χ3v) is 4.22. The van der Waals surface area contributed by atoms with Gasteiger partial charge in [-0.05, 0) is 33.3 Å². The molecule has 0 saturated carbocycles. The molecule has 2 aromatic rings. The first kappa shape index (κ1) is 15.7. The van der Waals surface area contributed by atoms with Gasteiger partial charge in [-0.3, -0.25) is 0 Å². The quantitative estimate of drug-likeness (QED) is 0.825. The number of rotatable bonds is 5. The van der Waals surface area contributed by atoms with Gasteiger partial charge in [0.15, 0.2) is 0 Å². The molecule has 0 saturated heterocycles. The molecule has 6 nitrogen and oxygen atoms in total. The highest BCUT2D eigenvalue weighted by molar-refractivity contribution is 7.20. The normalized spacial score (nSPS) is 11.7. The molecule has 2 N–H and O–H groups in total. The van der Waals surface area contributed by atoms with Gasteiger partial charge in [-0.1, -0.05) is 0 Å². The number of thiophene rings is 1. The lowest BCUT2D eigenvalue weighted by Gasteiger charge is -2.24. The third-order valence-electron chi connectivity index (χ3n) is 3.04. The molecule has 0 amide bonds. The molecule has 2 heterocycles. The molecule has 0 atom stereocenters. The van der Waals surface area contributed by atoms with E-state index in [0.717, 1.165) is 15.8 Å². The molecule has 21 heavy (non-hydrogen) atoms. The monoisotopic (exact) mass is 309 g/mol. The van der Waals surface area contributed by atoms with Crippen LogP contribution < -0.4 is 5.32 Å². The average Bonchev–Trinajstić information content (AvgIpc) is 2.77. The SMILES string of the molecule is CCOC(=O)c1sc2ncnc(NC(C)(C)CO)c2c1C. The van der Waals surface area contributed by atoms with E-state index in [9.17, 15) is 9.90 Å². The maximum Gasteiger partial charge on any atom is 0.348 e. The molecule has 0 aliphatic carbocycles. The second-order valence-corrected chi connectivity index (χ2v) is 6.35. The van der Waals surface area contributed by atoms with Gasteiger partial charge in [0, 0.05) is 0 Å². The number of hydrogen-bond acceptors (Lipinski definition) is 7. The molecular weight excluding hydrogens is 290 g/mol. The minimum atomic E-state index is -0.514. The van der Waals surface area contributed by atoms with Crippen LogP contribution in [0.3, 0.4) is 0 Å². The van der Waals surface area contributed by atoms with E-state index >= 15 is 0 Å². The molecule has 0 fully saturated rings. The van der Waals surface area contributed by atoms with E-state index in [0.29, 0.717) is 17.3 Å². The van der Waals surface area contributed by atoms with E-state index in [-0.39, 0.29) is 12.6 Å². The Bertz CT molecular complexity index is 667. The third kappa shape index (κ3) is 3.14. The lowest BCUT2D eigenvalue weighted by molar-refractivity contribution is 0.0531. The Morgan fingerprint density at radius 1 is 1.48 bits per heavy atom. The van der Waals surface area contributed by atoms with Crippen LogP contribution in [0.15, 0.2) is 6.33 Å². The van der Waals surface area contributed by atoms with Crippen LogP contribution in [0.5, 0.6) is 0 Å². The van der Waals surface area contributed by atoms with Crippen LogP contribution in [0.2, 0.25) is 0 Å². The molecule has 0 aliphatic heterocycles. The summed E-state index contributed by atoms with van der Waals surface area (Å²) in [6.45, 7) is 7.67. The van der Waals surface area contributed by atoms with Crippen LogP contribution in [0.25, 0.3) is 10.2 Å². The zero-order valence-electron chi connectivity index (χ0n) is 12.6. The van der Waals surface area contributed by atoms with Crippen molar-refractivity contribution < 1.29 is 14.6 Å². The largest absolute Gasteiger partial charge is 0.462 e. The minimum Gasteiger partial charge on any atom is -0.462 e. The highest BCUT2D eigenvalue weighted by Crippen LogP contribution is 2.34. The van der Waals surface area contributed by atoms with Gasteiger partial charge >= 0.3 is 5.97 Å². The Morgan fingerprint density at radius 3 is 2.81 bits per heavy atom. The predicted molar refractivity (Wildman–Crippen MR) is 82.9 cm³/mol. The number of carbonyl (C=O) groups excluding carboxylic acids is 1. The molecule has 0 spiro atoms. The van der Waals surface area contributed by atoms with E-state index in [1.165, 1.54) is 17.7 Å². The van der Waals surface area contributed by atoms with Crippen molar-refractivity contribution in [3.63, 3.8) is 0 Å². The van der Waals surface area contributed by atoms with Crippen LogP contribution in [0, 0.1) is 6.92 Å².